The molecular formula is C41H29N3O. The Labute approximate surface area is 261 Å². The van der Waals surface area contributed by atoms with E-state index in [9.17, 15) is 0 Å². The molecule has 0 N–H and O–H groups in total. The van der Waals surface area contributed by atoms with Crippen molar-refractivity contribution in [1.29, 1.82) is 0 Å². The van der Waals surface area contributed by atoms with Gasteiger partial charge in [-0.15, -0.1) is 0 Å². The van der Waals surface area contributed by atoms with Crippen molar-refractivity contribution in [3.63, 3.8) is 0 Å². The van der Waals surface area contributed by atoms with E-state index in [1.54, 1.807) is 0 Å². The molecule has 2 aliphatic heterocycles. The Morgan fingerprint density at radius 1 is 0.533 bits per heavy atom. The minimum absolute atomic E-state index is 0.129. The summed E-state index contributed by atoms with van der Waals surface area (Å²) in [5.41, 5.74) is 14.0. The fourth-order valence-corrected chi connectivity index (χ4v) is 8.18. The molecule has 6 aromatic carbocycles. The summed E-state index contributed by atoms with van der Waals surface area (Å²) < 4.78 is 9.48. The normalized spacial score (nSPS) is 15.8. The van der Waals surface area contributed by atoms with E-state index < -0.39 is 5.60 Å². The standard InChI is InChI=1S/C41H29N3O/c1-40(2)31-17-7-10-20-35(31)43(36-21-11-8-18-32(36)40)26-23-24-37-33(25-26)41(45-39-42-34-19-9-12-22-38(34)44(37)39)29-15-5-3-13-27(29)28-14-4-6-16-30(28)41/h3-25H,1-2H3. The number of fused-ring (bicyclic) bond motifs is 13. The van der Waals surface area contributed by atoms with E-state index in [4.69, 9.17) is 9.72 Å². The molecule has 4 nitrogen and oxygen atoms in total. The summed E-state index contributed by atoms with van der Waals surface area (Å²) in [6.07, 6.45) is 0. The van der Waals surface area contributed by atoms with Gasteiger partial charge in [0.05, 0.1) is 28.1 Å². The molecule has 0 radical (unpaired) electrons. The lowest BCUT2D eigenvalue weighted by molar-refractivity contribution is 0.132. The molecule has 214 valence electrons. The van der Waals surface area contributed by atoms with E-state index in [1.165, 1.54) is 33.6 Å². The summed E-state index contributed by atoms with van der Waals surface area (Å²) in [7, 11) is 0. The highest BCUT2D eigenvalue weighted by Crippen LogP contribution is 2.58. The van der Waals surface area contributed by atoms with E-state index in [2.05, 4.69) is 157 Å². The molecule has 10 rings (SSSR count). The largest absolute Gasteiger partial charge is 0.443 e. The Balaban J connectivity index is 1.31. The number of imidazole rings is 1. The van der Waals surface area contributed by atoms with Crippen molar-refractivity contribution in [2.75, 3.05) is 4.90 Å². The van der Waals surface area contributed by atoms with E-state index in [-0.39, 0.29) is 5.41 Å². The fraction of sp³-hybridized carbons (Fsp3) is 0.0976. The highest BCUT2D eigenvalue weighted by atomic mass is 16.5. The Kier molecular flexibility index (Phi) is 4.69. The summed E-state index contributed by atoms with van der Waals surface area (Å²) in [6, 6.07) is 50.8. The molecule has 1 aliphatic carbocycles. The number of aromatic nitrogens is 2. The van der Waals surface area contributed by atoms with Crippen molar-refractivity contribution in [2.24, 2.45) is 0 Å². The molecule has 4 heteroatoms. The average molecular weight is 580 g/mol. The maximum atomic E-state index is 7.29. The first-order chi connectivity index (χ1) is 22.1. The van der Waals surface area contributed by atoms with Crippen LogP contribution in [0.3, 0.4) is 0 Å². The van der Waals surface area contributed by atoms with E-state index >= 15 is 0 Å². The number of anilines is 3. The molecule has 1 aromatic heterocycles. The van der Waals surface area contributed by atoms with Gasteiger partial charge < -0.3 is 9.64 Å². The molecule has 45 heavy (non-hydrogen) atoms. The van der Waals surface area contributed by atoms with Gasteiger partial charge in [-0.1, -0.05) is 111 Å². The molecule has 0 unspecified atom stereocenters. The Morgan fingerprint density at radius 2 is 1.09 bits per heavy atom. The van der Waals surface area contributed by atoms with Crippen LogP contribution in [0.15, 0.2) is 140 Å². The number of rotatable bonds is 1. The summed E-state index contributed by atoms with van der Waals surface area (Å²) in [6.45, 7) is 4.66. The van der Waals surface area contributed by atoms with Gasteiger partial charge in [-0.2, -0.15) is 4.98 Å². The van der Waals surface area contributed by atoms with Crippen molar-refractivity contribution < 1.29 is 4.74 Å². The molecule has 0 atom stereocenters. The lowest BCUT2D eigenvalue weighted by Gasteiger charge is -2.43. The first kappa shape index (κ1) is 24.8. The Hall–Kier alpha value is -5.61. The van der Waals surface area contributed by atoms with Crippen molar-refractivity contribution >= 4 is 28.1 Å². The highest BCUT2D eigenvalue weighted by Gasteiger charge is 2.52. The van der Waals surface area contributed by atoms with Crippen LogP contribution in [-0.2, 0) is 11.0 Å². The lowest BCUT2D eigenvalue weighted by Crippen LogP contribution is -2.39. The smallest absolute Gasteiger partial charge is 0.303 e. The number of hydrogen-bond donors (Lipinski definition) is 0. The third-order valence-electron chi connectivity index (χ3n) is 10.2. The maximum Gasteiger partial charge on any atom is 0.303 e. The van der Waals surface area contributed by atoms with Crippen LogP contribution >= 0.6 is 0 Å². The molecular weight excluding hydrogens is 550 g/mol. The highest BCUT2D eigenvalue weighted by molar-refractivity contribution is 5.90. The number of ether oxygens (including phenoxy) is 1. The maximum absolute atomic E-state index is 7.29. The molecule has 0 saturated carbocycles. The van der Waals surface area contributed by atoms with Crippen LogP contribution < -0.4 is 9.64 Å². The predicted octanol–water partition coefficient (Wildman–Crippen LogP) is 9.80. The quantitative estimate of drug-likeness (QED) is 0.194. The summed E-state index contributed by atoms with van der Waals surface area (Å²) in [5, 5.41) is 0. The second kappa shape index (κ2) is 8.52. The monoisotopic (exact) mass is 579 g/mol. The van der Waals surface area contributed by atoms with Crippen molar-refractivity contribution in [3.05, 3.63) is 167 Å². The predicted molar refractivity (Wildman–Crippen MR) is 180 cm³/mol. The van der Waals surface area contributed by atoms with Gasteiger partial charge in [-0.05, 0) is 64.7 Å². The van der Waals surface area contributed by atoms with Gasteiger partial charge in [-0.3, -0.25) is 4.57 Å². The first-order valence-corrected chi connectivity index (χ1v) is 15.6. The molecule has 0 amide bonds. The molecule has 7 aromatic rings. The van der Waals surface area contributed by atoms with Crippen LogP contribution in [0, 0.1) is 0 Å². The summed E-state index contributed by atoms with van der Waals surface area (Å²) in [5.74, 6) is 0. The van der Waals surface area contributed by atoms with Crippen LogP contribution in [0.5, 0.6) is 6.01 Å². The van der Waals surface area contributed by atoms with Crippen LogP contribution in [0.4, 0.5) is 17.1 Å². The van der Waals surface area contributed by atoms with Gasteiger partial charge in [-0.25, -0.2) is 0 Å². The van der Waals surface area contributed by atoms with Crippen molar-refractivity contribution in [3.8, 4) is 22.8 Å². The van der Waals surface area contributed by atoms with E-state index in [0.29, 0.717) is 6.01 Å². The van der Waals surface area contributed by atoms with Crippen LogP contribution in [-0.4, -0.2) is 9.55 Å². The second-order valence-corrected chi connectivity index (χ2v) is 12.8. The van der Waals surface area contributed by atoms with Crippen molar-refractivity contribution in [2.45, 2.75) is 24.9 Å². The van der Waals surface area contributed by atoms with Crippen LogP contribution in [0.2, 0.25) is 0 Å². The Bertz CT molecular complexity index is 2270. The van der Waals surface area contributed by atoms with Gasteiger partial charge in [0.15, 0.2) is 5.60 Å². The summed E-state index contributed by atoms with van der Waals surface area (Å²) >= 11 is 0. The fourth-order valence-electron chi connectivity index (χ4n) is 8.18. The molecule has 3 heterocycles. The van der Waals surface area contributed by atoms with Crippen LogP contribution in [0.25, 0.3) is 27.8 Å². The average Bonchev–Trinajstić information content (AvgIpc) is 3.59. The molecule has 3 aliphatic rings. The van der Waals surface area contributed by atoms with Gasteiger partial charge in [0, 0.05) is 27.8 Å². The van der Waals surface area contributed by atoms with Crippen LogP contribution in [0.1, 0.15) is 41.7 Å². The number of nitrogens with zero attached hydrogens (tertiary/aromatic N) is 3. The van der Waals surface area contributed by atoms with Gasteiger partial charge in [0.2, 0.25) is 0 Å². The van der Waals surface area contributed by atoms with E-state index in [0.717, 1.165) is 39.1 Å². The van der Waals surface area contributed by atoms with Gasteiger partial charge in [0.25, 0.3) is 0 Å². The zero-order chi connectivity index (χ0) is 29.9. The molecule has 1 spiro atoms. The third kappa shape index (κ3) is 3.04. The minimum Gasteiger partial charge on any atom is -0.443 e. The first-order valence-electron chi connectivity index (χ1n) is 15.6. The van der Waals surface area contributed by atoms with E-state index in [1.807, 2.05) is 6.07 Å². The molecule has 0 fully saturated rings. The van der Waals surface area contributed by atoms with Gasteiger partial charge >= 0.3 is 6.01 Å². The second-order valence-electron chi connectivity index (χ2n) is 12.8. The SMILES string of the molecule is CC1(C)c2ccccc2N(c2ccc3c(c2)C2(Oc4nc5ccccc5n4-3)c3ccccc3-c3ccccc32)c2ccccc21. The topological polar surface area (TPSA) is 30.3 Å². The molecule has 0 saturated heterocycles. The third-order valence-corrected chi connectivity index (χ3v) is 10.2. The lowest BCUT2D eigenvalue weighted by atomic mass is 9.73. The Morgan fingerprint density at radius 3 is 1.76 bits per heavy atom. The summed E-state index contributed by atoms with van der Waals surface area (Å²) in [4.78, 5) is 7.46. The zero-order valence-electron chi connectivity index (χ0n) is 25.0. The van der Waals surface area contributed by atoms with Crippen molar-refractivity contribution in [1.82, 2.24) is 9.55 Å². The number of hydrogen-bond acceptors (Lipinski definition) is 3. The zero-order valence-corrected chi connectivity index (χ0v) is 25.0. The molecule has 0 bridgehead atoms. The van der Waals surface area contributed by atoms with Gasteiger partial charge in [0.1, 0.15) is 0 Å². The minimum atomic E-state index is -0.857. The number of benzene rings is 6. The number of para-hydroxylation sites is 4.